The van der Waals surface area contributed by atoms with Crippen LogP contribution in [0, 0.1) is 0 Å². The van der Waals surface area contributed by atoms with Crippen LogP contribution in [0.3, 0.4) is 0 Å². The fourth-order valence-corrected chi connectivity index (χ4v) is 4.29. The monoisotopic (exact) mass is 441 g/mol. The lowest BCUT2D eigenvalue weighted by molar-refractivity contribution is 0.104. The van der Waals surface area contributed by atoms with Gasteiger partial charge < -0.3 is 10.3 Å². The van der Waals surface area contributed by atoms with E-state index in [4.69, 9.17) is 17.3 Å². The summed E-state index contributed by atoms with van der Waals surface area (Å²) < 4.78 is 29.4. The Morgan fingerprint density at radius 1 is 1.13 bits per heavy atom. The molecule has 30 heavy (non-hydrogen) atoms. The van der Waals surface area contributed by atoms with Crippen molar-refractivity contribution in [3.05, 3.63) is 77.2 Å². The van der Waals surface area contributed by atoms with E-state index in [9.17, 15) is 13.2 Å². The van der Waals surface area contributed by atoms with E-state index in [0.717, 1.165) is 0 Å². The van der Waals surface area contributed by atoms with Crippen molar-refractivity contribution in [1.29, 1.82) is 0 Å². The Bertz CT molecular complexity index is 1380. The quantitative estimate of drug-likeness (QED) is 0.459. The second-order valence-electron chi connectivity index (χ2n) is 6.58. The van der Waals surface area contributed by atoms with Crippen molar-refractivity contribution in [2.24, 2.45) is 7.05 Å². The third-order valence-corrected chi connectivity index (χ3v) is 6.18. The minimum atomic E-state index is -3.84. The highest BCUT2D eigenvalue weighted by atomic mass is 35.5. The maximum Gasteiger partial charge on any atom is 0.261 e. The Balaban J connectivity index is 1.69. The highest BCUT2D eigenvalue weighted by molar-refractivity contribution is 7.92. The van der Waals surface area contributed by atoms with Gasteiger partial charge in [0.1, 0.15) is 17.8 Å². The Hall–Kier alpha value is -3.43. The van der Waals surface area contributed by atoms with E-state index in [-0.39, 0.29) is 22.2 Å². The number of aromatic nitrogens is 3. The average molecular weight is 442 g/mol. The topological polar surface area (TPSA) is 120 Å². The molecule has 2 heterocycles. The molecule has 2 aromatic heterocycles. The molecule has 4 aromatic rings. The minimum Gasteiger partial charge on any atom is -0.383 e. The summed E-state index contributed by atoms with van der Waals surface area (Å²) >= 11 is 5.82. The maximum absolute atomic E-state index is 13.1. The summed E-state index contributed by atoms with van der Waals surface area (Å²) in [5.41, 5.74) is 7.37. The third-order valence-electron chi connectivity index (χ3n) is 4.53. The zero-order valence-corrected chi connectivity index (χ0v) is 17.3. The van der Waals surface area contributed by atoms with E-state index in [1.165, 1.54) is 36.7 Å². The lowest BCUT2D eigenvalue weighted by Crippen LogP contribution is -2.13. The Morgan fingerprint density at radius 2 is 1.87 bits per heavy atom. The molecule has 0 aliphatic heterocycles. The molecular weight excluding hydrogens is 426 g/mol. The summed E-state index contributed by atoms with van der Waals surface area (Å²) in [6.45, 7) is 0. The second-order valence-corrected chi connectivity index (χ2v) is 8.70. The number of carbonyl (C=O) groups is 1. The molecule has 0 fully saturated rings. The van der Waals surface area contributed by atoms with Crippen molar-refractivity contribution in [2.75, 3.05) is 10.5 Å². The minimum absolute atomic E-state index is 0.0580. The van der Waals surface area contributed by atoms with Gasteiger partial charge >= 0.3 is 0 Å². The van der Waals surface area contributed by atoms with E-state index in [1.54, 1.807) is 36.0 Å². The van der Waals surface area contributed by atoms with Crippen LogP contribution in [0.5, 0.6) is 0 Å². The van der Waals surface area contributed by atoms with E-state index in [0.29, 0.717) is 27.2 Å². The van der Waals surface area contributed by atoms with Crippen molar-refractivity contribution in [1.82, 2.24) is 14.5 Å². The van der Waals surface area contributed by atoms with E-state index in [2.05, 4.69) is 14.7 Å². The van der Waals surface area contributed by atoms with Crippen LogP contribution in [0.15, 0.2) is 66.0 Å². The van der Waals surface area contributed by atoms with Gasteiger partial charge in [0.25, 0.3) is 10.0 Å². The van der Waals surface area contributed by atoms with Crippen molar-refractivity contribution < 1.29 is 13.2 Å². The molecule has 10 heteroatoms. The number of rotatable bonds is 5. The first-order valence-electron chi connectivity index (χ1n) is 8.75. The number of hydrogen-bond acceptors (Lipinski definition) is 6. The number of nitrogens with one attached hydrogen (secondary N) is 1. The normalized spacial score (nSPS) is 11.5. The van der Waals surface area contributed by atoms with Crippen LogP contribution >= 0.6 is 11.6 Å². The van der Waals surface area contributed by atoms with Gasteiger partial charge in [-0.2, -0.15) is 0 Å². The molecule has 0 spiro atoms. The molecule has 3 N–H and O–H groups in total. The maximum atomic E-state index is 13.1. The number of anilines is 2. The van der Waals surface area contributed by atoms with Crippen LogP contribution in [0.4, 0.5) is 11.5 Å². The predicted octanol–water partition coefficient (Wildman–Crippen LogP) is 3.24. The standard InChI is InChI=1S/C20H16ClN5O3S/c1-26-10-16(17-19(22)23-11-24-20(17)26)18(27)12-3-2-4-14(9-12)25-30(28,29)15-7-5-13(21)6-8-15/h2-11,25H,1H3,(H2,22,23,24). The number of benzene rings is 2. The largest absolute Gasteiger partial charge is 0.383 e. The van der Waals surface area contributed by atoms with E-state index < -0.39 is 10.0 Å². The van der Waals surface area contributed by atoms with Gasteiger partial charge in [-0.05, 0) is 36.4 Å². The molecule has 2 aromatic carbocycles. The summed E-state index contributed by atoms with van der Waals surface area (Å²) in [7, 11) is -2.09. The zero-order chi connectivity index (χ0) is 21.5. The summed E-state index contributed by atoms with van der Waals surface area (Å²) in [4.78, 5) is 21.3. The van der Waals surface area contributed by atoms with Gasteiger partial charge in [0.2, 0.25) is 0 Å². The van der Waals surface area contributed by atoms with Gasteiger partial charge in [-0.1, -0.05) is 23.7 Å². The van der Waals surface area contributed by atoms with Crippen molar-refractivity contribution in [2.45, 2.75) is 4.90 Å². The molecule has 0 aliphatic rings. The van der Waals surface area contributed by atoms with Crippen LogP contribution < -0.4 is 10.5 Å². The molecule has 152 valence electrons. The Labute approximate surface area is 177 Å². The van der Waals surface area contributed by atoms with Crippen LogP contribution in [-0.4, -0.2) is 28.7 Å². The number of sulfonamides is 1. The van der Waals surface area contributed by atoms with Crippen molar-refractivity contribution in [3.8, 4) is 0 Å². The Morgan fingerprint density at radius 3 is 2.60 bits per heavy atom. The summed E-state index contributed by atoms with van der Waals surface area (Å²) in [6, 6.07) is 12.0. The van der Waals surface area contributed by atoms with Gasteiger partial charge in [-0.25, -0.2) is 18.4 Å². The SMILES string of the molecule is Cn1cc(C(=O)c2cccc(NS(=O)(=O)c3ccc(Cl)cc3)c2)c2c(N)ncnc21. The van der Waals surface area contributed by atoms with Crippen molar-refractivity contribution in [3.63, 3.8) is 0 Å². The van der Waals surface area contributed by atoms with Gasteiger partial charge in [0, 0.05) is 29.5 Å². The number of nitrogen functional groups attached to an aromatic ring is 1. The number of carbonyl (C=O) groups excluding carboxylic acids is 1. The van der Waals surface area contributed by atoms with Crippen molar-refractivity contribution >= 4 is 49.9 Å². The molecule has 0 atom stereocenters. The lowest BCUT2D eigenvalue weighted by Gasteiger charge is -2.09. The average Bonchev–Trinajstić information content (AvgIpc) is 3.05. The second kappa shape index (κ2) is 7.43. The number of nitrogens with two attached hydrogens (primary N) is 1. The number of fused-ring (bicyclic) bond motifs is 1. The molecular formula is C20H16ClN5O3S. The first kappa shape index (κ1) is 19.9. The Kier molecular flexibility index (Phi) is 4.92. The summed E-state index contributed by atoms with van der Waals surface area (Å²) in [6.07, 6.45) is 2.96. The highest BCUT2D eigenvalue weighted by Gasteiger charge is 2.20. The third kappa shape index (κ3) is 3.60. The highest BCUT2D eigenvalue weighted by Crippen LogP contribution is 2.26. The number of aryl methyl sites for hydroxylation is 1. The smallest absolute Gasteiger partial charge is 0.261 e. The number of nitrogens with zero attached hydrogens (tertiary/aromatic N) is 3. The first-order chi connectivity index (χ1) is 14.3. The van der Waals surface area contributed by atoms with Gasteiger partial charge in [-0.15, -0.1) is 0 Å². The van der Waals surface area contributed by atoms with Crippen LogP contribution in [0.1, 0.15) is 15.9 Å². The first-order valence-corrected chi connectivity index (χ1v) is 10.6. The zero-order valence-electron chi connectivity index (χ0n) is 15.7. The fourth-order valence-electron chi connectivity index (χ4n) is 3.11. The predicted molar refractivity (Wildman–Crippen MR) is 115 cm³/mol. The molecule has 0 bridgehead atoms. The molecule has 0 aliphatic carbocycles. The molecule has 4 rings (SSSR count). The number of hydrogen-bond donors (Lipinski definition) is 2. The molecule has 0 saturated heterocycles. The number of ketones is 1. The molecule has 0 saturated carbocycles. The van der Waals surface area contributed by atoms with E-state index in [1.807, 2.05) is 0 Å². The van der Waals surface area contributed by atoms with Gasteiger partial charge in [-0.3, -0.25) is 9.52 Å². The van der Waals surface area contributed by atoms with Crippen LogP contribution in [0.2, 0.25) is 5.02 Å². The summed E-state index contributed by atoms with van der Waals surface area (Å²) in [5, 5.41) is 0.886. The fraction of sp³-hybridized carbons (Fsp3) is 0.0500. The van der Waals surface area contributed by atoms with Gasteiger partial charge in [0.05, 0.1) is 15.8 Å². The molecule has 0 unspecified atom stereocenters. The number of halogens is 1. The lowest BCUT2D eigenvalue weighted by atomic mass is 10.0. The molecule has 0 amide bonds. The van der Waals surface area contributed by atoms with Crippen LogP contribution in [-0.2, 0) is 17.1 Å². The van der Waals surface area contributed by atoms with Crippen LogP contribution in [0.25, 0.3) is 11.0 Å². The molecule has 8 nitrogen and oxygen atoms in total. The molecule has 0 radical (unpaired) electrons. The summed E-state index contributed by atoms with van der Waals surface area (Å²) in [5.74, 6) is -0.127. The van der Waals surface area contributed by atoms with Gasteiger partial charge in [0.15, 0.2) is 5.78 Å². The van der Waals surface area contributed by atoms with E-state index >= 15 is 0 Å².